The molecule has 6 heteroatoms. The van der Waals surface area contributed by atoms with Gasteiger partial charge in [0, 0.05) is 6.42 Å². The molecule has 1 aromatic heterocycles. The molecule has 0 aliphatic heterocycles. The van der Waals surface area contributed by atoms with Crippen LogP contribution in [-0.4, -0.2) is 22.0 Å². The molecule has 0 saturated heterocycles. The standard InChI is InChI=1S/C15H22N2O4/c1-10-9-16-13(21-10)11(2)17-12(18)8-15(14(19)20)6-4-3-5-7-15/h9,11H,3-8H2,1-2H3,(H,17,18)(H,19,20). The number of hydrogen-bond acceptors (Lipinski definition) is 4. The Morgan fingerprint density at radius 2 is 2.10 bits per heavy atom. The fourth-order valence-electron chi connectivity index (χ4n) is 2.93. The molecule has 1 aromatic rings. The number of carbonyl (C=O) groups is 2. The highest BCUT2D eigenvalue weighted by Gasteiger charge is 2.41. The van der Waals surface area contributed by atoms with E-state index in [0.717, 1.165) is 19.3 Å². The van der Waals surface area contributed by atoms with E-state index >= 15 is 0 Å². The Bertz CT molecular complexity index is 517. The molecule has 1 aliphatic rings. The summed E-state index contributed by atoms with van der Waals surface area (Å²) in [5.41, 5.74) is -0.908. The molecule has 1 amide bonds. The van der Waals surface area contributed by atoms with E-state index in [-0.39, 0.29) is 18.4 Å². The second-order valence-electron chi connectivity index (χ2n) is 5.92. The first kappa shape index (κ1) is 15.5. The lowest BCUT2D eigenvalue weighted by Crippen LogP contribution is -2.39. The second kappa shape index (κ2) is 6.28. The molecule has 116 valence electrons. The van der Waals surface area contributed by atoms with Crippen LogP contribution in [0.1, 0.15) is 63.1 Å². The summed E-state index contributed by atoms with van der Waals surface area (Å²) in [6.45, 7) is 3.56. The van der Waals surface area contributed by atoms with E-state index in [1.165, 1.54) is 0 Å². The molecule has 1 unspecified atom stereocenters. The van der Waals surface area contributed by atoms with Crippen molar-refractivity contribution in [1.29, 1.82) is 0 Å². The normalized spacial score (nSPS) is 19.0. The van der Waals surface area contributed by atoms with E-state index in [9.17, 15) is 14.7 Å². The quantitative estimate of drug-likeness (QED) is 0.870. The Morgan fingerprint density at radius 1 is 1.43 bits per heavy atom. The smallest absolute Gasteiger partial charge is 0.310 e. The number of carboxylic acid groups (broad SMARTS) is 1. The van der Waals surface area contributed by atoms with Crippen molar-refractivity contribution in [3.05, 3.63) is 17.8 Å². The third-order valence-corrected chi connectivity index (χ3v) is 4.15. The van der Waals surface area contributed by atoms with Crippen LogP contribution < -0.4 is 5.32 Å². The van der Waals surface area contributed by atoms with Gasteiger partial charge in [-0.15, -0.1) is 0 Å². The fourth-order valence-corrected chi connectivity index (χ4v) is 2.93. The van der Waals surface area contributed by atoms with Gasteiger partial charge < -0.3 is 14.8 Å². The molecule has 1 saturated carbocycles. The predicted octanol–water partition coefficient (Wildman–Crippen LogP) is 2.59. The molecule has 2 rings (SSSR count). The summed E-state index contributed by atoms with van der Waals surface area (Å²) in [6, 6.07) is -0.361. The minimum absolute atomic E-state index is 0.0202. The Morgan fingerprint density at radius 3 is 2.62 bits per heavy atom. The van der Waals surface area contributed by atoms with Crippen molar-refractivity contribution >= 4 is 11.9 Å². The molecule has 1 aliphatic carbocycles. The first-order valence-corrected chi connectivity index (χ1v) is 7.38. The molecular formula is C15H22N2O4. The van der Waals surface area contributed by atoms with Crippen molar-refractivity contribution in [2.24, 2.45) is 5.41 Å². The van der Waals surface area contributed by atoms with Crippen LogP contribution in [0.4, 0.5) is 0 Å². The van der Waals surface area contributed by atoms with Gasteiger partial charge >= 0.3 is 5.97 Å². The van der Waals surface area contributed by atoms with Crippen LogP contribution in [0.5, 0.6) is 0 Å². The summed E-state index contributed by atoms with van der Waals surface area (Å²) >= 11 is 0. The number of carboxylic acids is 1. The van der Waals surface area contributed by atoms with Crippen molar-refractivity contribution in [3.63, 3.8) is 0 Å². The number of aryl methyl sites for hydroxylation is 1. The molecule has 1 heterocycles. The number of hydrogen-bond donors (Lipinski definition) is 2. The monoisotopic (exact) mass is 294 g/mol. The zero-order valence-electron chi connectivity index (χ0n) is 12.5. The lowest BCUT2D eigenvalue weighted by Gasteiger charge is -2.32. The second-order valence-corrected chi connectivity index (χ2v) is 5.92. The largest absolute Gasteiger partial charge is 0.481 e. The number of nitrogens with zero attached hydrogens (tertiary/aromatic N) is 1. The van der Waals surface area contributed by atoms with Gasteiger partial charge in [-0.25, -0.2) is 4.98 Å². The van der Waals surface area contributed by atoms with Crippen molar-refractivity contribution < 1.29 is 19.1 Å². The average Bonchev–Trinajstić information content (AvgIpc) is 2.86. The third kappa shape index (κ3) is 3.62. The van der Waals surface area contributed by atoms with E-state index in [1.54, 1.807) is 20.0 Å². The molecule has 6 nitrogen and oxygen atoms in total. The summed E-state index contributed by atoms with van der Waals surface area (Å²) in [7, 11) is 0. The molecule has 0 bridgehead atoms. The van der Waals surface area contributed by atoms with Gasteiger partial charge in [-0.2, -0.15) is 0 Å². The molecule has 0 aromatic carbocycles. The minimum Gasteiger partial charge on any atom is -0.481 e. The van der Waals surface area contributed by atoms with E-state index < -0.39 is 11.4 Å². The summed E-state index contributed by atoms with van der Waals surface area (Å²) < 4.78 is 5.37. The van der Waals surface area contributed by atoms with Gasteiger partial charge in [0.1, 0.15) is 11.8 Å². The van der Waals surface area contributed by atoms with Crippen molar-refractivity contribution in [1.82, 2.24) is 10.3 Å². The number of aromatic nitrogens is 1. The highest BCUT2D eigenvalue weighted by molar-refractivity contribution is 5.85. The number of aliphatic carboxylic acids is 1. The predicted molar refractivity (Wildman–Crippen MR) is 75.6 cm³/mol. The topological polar surface area (TPSA) is 92.4 Å². The van der Waals surface area contributed by atoms with Crippen molar-refractivity contribution in [2.45, 2.75) is 58.4 Å². The maximum atomic E-state index is 12.2. The SMILES string of the molecule is Cc1cnc(C(C)NC(=O)CC2(C(=O)O)CCCCC2)o1. The van der Waals surface area contributed by atoms with Crippen LogP contribution in [-0.2, 0) is 9.59 Å². The minimum atomic E-state index is -0.908. The number of oxazole rings is 1. The Kier molecular flexibility index (Phi) is 4.65. The summed E-state index contributed by atoms with van der Waals surface area (Å²) in [5.74, 6) is -0.00567. The van der Waals surface area contributed by atoms with E-state index in [2.05, 4.69) is 10.3 Å². The zero-order chi connectivity index (χ0) is 15.5. The number of amides is 1. The number of rotatable bonds is 5. The maximum absolute atomic E-state index is 12.2. The summed E-state index contributed by atoms with van der Waals surface area (Å²) in [5, 5.41) is 12.3. The highest BCUT2D eigenvalue weighted by Crippen LogP contribution is 2.39. The first-order valence-electron chi connectivity index (χ1n) is 7.38. The van der Waals surface area contributed by atoms with Crippen LogP contribution in [0.25, 0.3) is 0 Å². The number of nitrogens with one attached hydrogen (secondary N) is 1. The first-order chi connectivity index (χ1) is 9.93. The van der Waals surface area contributed by atoms with Crippen LogP contribution in [0.2, 0.25) is 0 Å². The van der Waals surface area contributed by atoms with Crippen LogP contribution >= 0.6 is 0 Å². The fraction of sp³-hybridized carbons (Fsp3) is 0.667. The van der Waals surface area contributed by atoms with E-state index in [4.69, 9.17) is 4.42 Å². The zero-order valence-corrected chi connectivity index (χ0v) is 12.5. The Hall–Kier alpha value is -1.85. The van der Waals surface area contributed by atoms with Gasteiger partial charge in [0.2, 0.25) is 11.8 Å². The van der Waals surface area contributed by atoms with Gasteiger partial charge in [-0.05, 0) is 26.7 Å². The molecule has 0 radical (unpaired) electrons. The highest BCUT2D eigenvalue weighted by atomic mass is 16.4. The van der Waals surface area contributed by atoms with Crippen LogP contribution in [0, 0.1) is 12.3 Å². The third-order valence-electron chi connectivity index (χ3n) is 4.15. The molecule has 0 spiro atoms. The maximum Gasteiger partial charge on any atom is 0.310 e. The molecule has 1 fully saturated rings. The van der Waals surface area contributed by atoms with Crippen molar-refractivity contribution in [2.75, 3.05) is 0 Å². The Labute approximate surface area is 123 Å². The summed E-state index contributed by atoms with van der Waals surface area (Å²) in [6.07, 6.45) is 5.54. The van der Waals surface area contributed by atoms with Gasteiger partial charge in [0.25, 0.3) is 0 Å². The Balaban J connectivity index is 1.98. The van der Waals surface area contributed by atoms with Crippen LogP contribution in [0.15, 0.2) is 10.6 Å². The van der Waals surface area contributed by atoms with E-state index in [1.807, 2.05) is 0 Å². The van der Waals surface area contributed by atoms with Gasteiger partial charge in [-0.1, -0.05) is 19.3 Å². The molecule has 2 N–H and O–H groups in total. The van der Waals surface area contributed by atoms with Gasteiger partial charge in [0.05, 0.1) is 11.6 Å². The average molecular weight is 294 g/mol. The lowest BCUT2D eigenvalue weighted by molar-refractivity contribution is -0.154. The van der Waals surface area contributed by atoms with Gasteiger partial charge in [-0.3, -0.25) is 9.59 Å². The molecule has 1 atom stereocenters. The van der Waals surface area contributed by atoms with Crippen LogP contribution in [0.3, 0.4) is 0 Å². The molecular weight excluding hydrogens is 272 g/mol. The lowest BCUT2D eigenvalue weighted by atomic mass is 9.71. The van der Waals surface area contributed by atoms with Gasteiger partial charge in [0.15, 0.2) is 0 Å². The summed E-state index contributed by atoms with van der Waals surface area (Å²) in [4.78, 5) is 27.8. The van der Waals surface area contributed by atoms with Crippen molar-refractivity contribution in [3.8, 4) is 0 Å². The molecule has 21 heavy (non-hydrogen) atoms. The van der Waals surface area contributed by atoms with E-state index in [0.29, 0.717) is 24.5 Å². The number of carbonyl (C=O) groups excluding carboxylic acids is 1.